The van der Waals surface area contributed by atoms with E-state index in [0.717, 1.165) is 10.5 Å². The van der Waals surface area contributed by atoms with Gasteiger partial charge in [0.2, 0.25) is 5.75 Å². The van der Waals surface area contributed by atoms with Crippen molar-refractivity contribution in [3.63, 3.8) is 0 Å². The Kier molecular flexibility index (Phi) is 4.26. The van der Waals surface area contributed by atoms with Gasteiger partial charge in [-0.05, 0) is 20.3 Å². The predicted molar refractivity (Wildman–Crippen MR) is 82.7 cm³/mol. The summed E-state index contributed by atoms with van der Waals surface area (Å²) in [6, 6.07) is 1.11. The molecule has 0 atom stereocenters. The molecule has 8 heteroatoms. The molecule has 0 aliphatic rings. The van der Waals surface area contributed by atoms with Crippen LogP contribution in [0.1, 0.15) is 26.5 Å². The van der Waals surface area contributed by atoms with Gasteiger partial charge in [-0.15, -0.1) is 0 Å². The first kappa shape index (κ1) is 16.7. The molecule has 124 valence electrons. The summed E-state index contributed by atoms with van der Waals surface area (Å²) in [7, 11) is 1.34. The van der Waals surface area contributed by atoms with Crippen molar-refractivity contribution in [2.45, 2.75) is 32.7 Å². The van der Waals surface area contributed by atoms with Crippen LogP contribution in [0.4, 0.5) is 10.1 Å². The van der Waals surface area contributed by atoms with Crippen molar-refractivity contribution in [2.24, 2.45) is 0 Å². The van der Waals surface area contributed by atoms with Crippen molar-refractivity contribution in [1.82, 2.24) is 9.38 Å². The molecule has 0 aliphatic heterocycles. The van der Waals surface area contributed by atoms with E-state index in [1.54, 1.807) is 6.92 Å². The molecule has 23 heavy (non-hydrogen) atoms. The third kappa shape index (κ3) is 2.96. The molecular formula is C15H18FN3O4. The van der Waals surface area contributed by atoms with Crippen LogP contribution in [0.5, 0.6) is 5.75 Å². The Balaban J connectivity index is 2.68. The number of hydrogen-bond donors (Lipinski definition) is 2. The second-order valence-corrected chi connectivity index (χ2v) is 5.58. The molecule has 0 radical (unpaired) electrons. The summed E-state index contributed by atoms with van der Waals surface area (Å²) < 4.78 is 20.4. The minimum absolute atomic E-state index is 0.0408. The fraction of sp³-hybridized carbons (Fsp3) is 0.400. The monoisotopic (exact) mass is 323 g/mol. The number of halogens is 1. The van der Waals surface area contributed by atoms with Gasteiger partial charge in [0.15, 0.2) is 11.5 Å². The van der Waals surface area contributed by atoms with Gasteiger partial charge in [0, 0.05) is 12.3 Å². The molecule has 2 N–H and O–H groups in total. The summed E-state index contributed by atoms with van der Waals surface area (Å²) in [6.07, 6.45) is 1.72. The molecule has 2 rings (SSSR count). The van der Waals surface area contributed by atoms with Crippen LogP contribution in [0.2, 0.25) is 0 Å². The largest absolute Gasteiger partial charge is 0.490 e. The Morgan fingerprint density at radius 1 is 1.52 bits per heavy atom. The van der Waals surface area contributed by atoms with E-state index < -0.39 is 22.9 Å². The highest BCUT2D eigenvalue weighted by molar-refractivity contribution is 5.81. The van der Waals surface area contributed by atoms with Gasteiger partial charge in [0.25, 0.3) is 0 Å². The van der Waals surface area contributed by atoms with Crippen LogP contribution in [0.25, 0.3) is 5.65 Å². The van der Waals surface area contributed by atoms with E-state index >= 15 is 0 Å². The molecule has 0 fully saturated rings. The molecule has 0 saturated carbocycles. The molecule has 0 amide bonds. The highest BCUT2D eigenvalue weighted by Crippen LogP contribution is 2.20. The standard InChI is InChI=1S/C15H18FN3O4/c1-5-10-11(23-4)13(20)19-7-8(6-9(16)12(19)17-10)18-15(2,3)14(21)22/h6-7,18H,5H2,1-4H3,(H,21,22). The summed E-state index contributed by atoms with van der Waals surface area (Å²) in [6.45, 7) is 4.64. The number of pyridine rings is 1. The van der Waals surface area contributed by atoms with Gasteiger partial charge >= 0.3 is 11.5 Å². The van der Waals surface area contributed by atoms with Crippen LogP contribution >= 0.6 is 0 Å². The van der Waals surface area contributed by atoms with Gasteiger partial charge in [-0.3, -0.25) is 9.20 Å². The Hall–Kier alpha value is -2.64. The summed E-state index contributed by atoms with van der Waals surface area (Å²) in [5.41, 5.74) is -1.50. The van der Waals surface area contributed by atoms with E-state index in [0.29, 0.717) is 12.1 Å². The number of rotatable bonds is 5. The molecule has 0 bridgehead atoms. The Bertz CT molecular complexity index is 830. The number of hydrogen-bond acceptors (Lipinski definition) is 5. The zero-order valence-electron chi connectivity index (χ0n) is 13.3. The quantitative estimate of drug-likeness (QED) is 0.869. The second-order valence-electron chi connectivity index (χ2n) is 5.58. The Morgan fingerprint density at radius 3 is 2.70 bits per heavy atom. The van der Waals surface area contributed by atoms with E-state index in [1.807, 2.05) is 0 Å². The number of carboxylic acid groups (broad SMARTS) is 1. The van der Waals surface area contributed by atoms with Crippen LogP contribution in [-0.2, 0) is 11.2 Å². The first-order valence-corrected chi connectivity index (χ1v) is 7.01. The smallest absolute Gasteiger partial charge is 0.328 e. The summed E-state index contributed by atoms with van der Waals surface area (Å²) in [5.74, 6) is -1.80. The van der Waals surface area contributed by atoms with Gasteiger partial charge in [0.1, 0.15) is 5.54 Å². The van der Waals surface area contributed by atoms with E-state index in [-0.39, 0.29) is 17.1 Å². The third-order valence-corrected chi connectivity index (χ3v) is 3.44. The molecule has 2 heterocycles. The minimum atomic E-state index is -1.33. The Labute approximate surface area is 131 Å². The van der Waals surface area contributed by atoms with Crippen molar-refractivity contribution in [3.8, 4) is 5.75 Å². The first-order chi connectivity index (χ1) is 10.7. The normalized spacial score (nSPS) is 11.5. The molecular weight excluding hydrogens is 305 g/mol. The fourth-order valence-electron chi connectivity index (χ4n) is 2.15. The number of ether oxygens (including phenoxy) is 1. The first-order valence-electron chi connectivity index (χ1n) is 7.01. The van der Waals surface area contributed by atoms with Crippen molar-refractivity contribution >= 4 is 17.3 Å². The average molecular weight is 323 g/mol. The van der Waals surface area contributed by atoms with E-state index in [1.165, 1.54) is 27.2 Å². The molecule has 0 aromatic carbocycles. The number of carbonyl (C=O) groups is 1. The highest BCUT2D eigenvalue weighted by atomic mass is 19.1. The van der Waals surface area contributed by atoms with Gasteiger partial charge in [-0.25, -0.2) is 14.2 Å². The van der Waals surface area contributed by atoms with Gasteiger partial charge in [0.05, 0.1) is 18.5 Å². The maximum atomic E-state index is 14.3. The predicted octanol–water partition coefficient (Wildman–Crippen LogP) is 1.68. The minimum Gasteiger partial charge on any atom is -0.490 e. The zero-order chi connectivity index (χ0) is 17.4. The van der Waals surface area contributed by atoms with Crippen molar-refractivity contribution in [1.29, 1.82) is 0 Å². The number of aryl methyl sites for hydroxylation is 1. The second kappa shape index (κ2) is 5.86. The number of fused-ring (bicyclic) bond motifs is 1. The van der Waals surface area contributed by atoms with Crippen molar-refractivity contribution in [2.75, 3.05) is 12.4 Å². The highest BCUT2D eigenvalue weighted by Gasteiger charge is 2.27. The number of carboxylic acids is 1. The zero-order valence-corrected chi connectivity index (χ0v) is 13.3. The van der Waals surface area contributed by atoms with E-state index in [9.17, 15) is 14.0 Å². The number of nitrogens with one attached hydrogen (secondary N) is 1. The topological polar surface area (TPSA) is 92.9 Å². The van der Waals surface area contributed by atoms with Crippen molar-refractivity contribution < 1.29 is 19.0 Å². The summed E-state index contributed by atoms with van der Waals surface area (Å²) in [4.78, 5) is 27.7. The van der Waals surface area contributed by atoms with E-state index in [4.69, 9.17) is 9.84 Å². The molecule has 0 unspecified atom stereocenters. The summed E-state index contributed by atoms with van der Waals surface area (Å²) in [5, 5.41) is 11.8. The lowest BCUT2D eigenvalue weighted by molar-refractivity contribution is -0.141. The lowest BCUT2D eigenvalue weighted by Gasteiger charge is -2.22. The fourth-order valence-corrected chi connectivity index (χ4v) is 2.15. The molecule has 2 aromatic heterocycles. The molecule has 0 spiro atoms. The number of nitrogens with zero attached hydrogens (tertiary/aromatic N) is 2. The number of anilines is 1. The molecule has 0 aliphatic carbocycles. The maximum Gasteiger partial charge on any atom is 0.328 e. The van der Waals surface area contributed by atoms with Crippen LogP contribution in [0.15, 0.2) is 17.1 Å². The van der Waals surface area contributed by atoms with Gasteiger partial charge in [-0.2, -0.15) is 0 Å². The van der Waals surface area contributed by atoms with Crippen LogP contribution in [0.3, 0.4) is 0 Å². The number of aromatic nitrogens is 2. The van der Waals surface area contributed by atoms with E-state index in [2.05, 4.69) is 10.3 Å². The molecule has 2 aromatic rings. The van der Waals surface area contributed by atoms with Gasteiger partial charge < -0.3 is 15.2 Å². The average Bonchev–Trinajstić information content (AvgIpc) is 2.47. The lowest BCUT2D eigenvalue weighted by Crippen LogP contribution is -2.40. The maximum absolute atomic E-state index is 14.3. The summed E-state index contributed by atoms with van der Waals surface area (Å²) >= 11 is 0. The molecule has 7 nitrogen and oxygen atoms in total. The Morgan fingerprint density at radius 2 is 2.17 bits per heavy atom. The SMILES string of the molecule is CCc1nc2c(F)cc(NC(C)(C)C(=O)O)cn2c(=O)c1OC. The number of aliphatic carboxylic acids is 1. The third-order valence-electron chi connectivity index (χ3n) is 3.44. The lowest BCUT2D eigenvalue weighted by atomic mass is 10.1. The van der Waals surface area contributed by atoms with Crippen LogP contribution < -0.4 is 15.6 Å². The van der Waals surface area contributed by atoms with Crippen molar-refractivity contribution in [3.05, 3.63) is 34.1 Å². The number of methoxy groups -OCH3 is 1. The van der Waals surface area contributed by atoms with Crippen LogP contribution in [-0.4, -0.2) is 33.1 Å². The van der Waals surface area contributed by atoms with Gasteiger partial charge in [-0.1, -0.05) is 6.92 Å². The van der Waals surface area contributed by atoms with Crippen LogP contribution in [0, 0.1) is 5.82 Å². The molecule has 0 saturated heterocycles.